The van der Waals surface area contributed by atoms with Gasteiger partial charge in [-0.1, -0.05) is 332 Å². The van der Waals surface area contributed by atoms with Crippen LogP contribution >= 0.6 is 31.9 Å². The van der Waals surface area contributed by atoms with E-state index in [1.807, 2.05) is 60.7 Å². The Balaban J connectivity index is 0.000000176. The van der Waals surface area contributed by atoms with Gasteiger partial charge in [0.15, 0.2) is 0 Å². The molecule has 0 saturated carbocycles. The number of rotatable bonds is 12. The van der Waals surface area contributed by atoms with Gasteiger partial charge in [0.05, 0.1) is 0 Å². The van der Waals surface area contributed by atoms with E-state index in [4.69, 9.17) is 4.74 Å². The summed E-state index contributed by atoms with van der Waals surface area (Å²) in [5.74, 6) is 0. The van der Waals surface area contributed by atoms with Crippen LogP contribution in [0.1, 0.15) is 60.7 Å². The Labute approximate surface area is 652 Å². The molecule has 16 aromatic carbocycles. The third-order valence-electron chi connectivity index (χ3n) is 18.9. The van der Waals surface area contributed by atoms with Crippen molar-refractivity contribution in [2.45, 2.75) is 40.0 Å². The van der Waals surface area contributed by atoms with Crippen LogP contribution in [-0.4, -0.2) is 51.2 Å². The van der Waals surface area contributed by atoms with Crippen molar-refractivity contribution in [2.24, 2.45) is 0 Å². The second-order valence-corrected chi connectivity index (χ2v) is 27.7. The first-order chi connectivity index (χ1) is 51.1. The Morgan fingerprint density at radius 3 is 0.726 bits per heavy atom. The van der Waals surface area contributed by atoms with E-state index < -0.39 is 0 Å². The normalized spacial score (nSPS) is 11.3. The summed E-state index contributed by atoms with van der Waals surface area (Å²) in [5, 5.41) is 13.6. The van der Waals surface area contributed by atoms with E-state index in [-0.39, 0.29) is 26.3 Å². The quantitative estimate of drug-likeness (QED) is 0.0529. The van der Waals surface area contributed by atoms with Crippen LogP contribution in [-0.2, 0) is 9.53 Å². The van der Waals surface area contributed by atoms with E-state index in [0.29, 0.717) is 11.1 Å². The van der Waals surface area contributed by atoms with Crippen molar-refractivity contribution in [3.8, 4) is 89.0 Å². The third kappa shape index (κ3) is 16.3. The summed E-state index contributed by atoms with van der Waals surface area (Å²) in [6.45, 7) is 7.72. The summed E-state index contributed by atoms with van der Waals surface area (Å²) >= 11 is 7.69. The molecule has 0 radical (unpaired) electrons. The summed E-state index contributed by atoms with van der Waals surface area (Å²) in [6.07, 6.45) is 7.42. The molecule has 1 heterocycles. The van der Waals surface area contributed by atoms with E-state index >= 15 is 0 Å². The first-order valence-corrected chi connectivity index (χ1v) is 36.9. The molecule has 0 N–H and O–H groups in total. The summed E-state index contributed by atoms with van der Waals surface area (Å²) in [6, 6.07) is 111. The molecular weight excluding hydrogens is 1420 g/mol. The van der Waals surface area contributed by atoms with Gasteiger partial charge < -0.3 is 16.6 Å². The Morgan fingerprint density at radius 1 is 0.330 bits per heavy atom. The monoisotopic (exact) mass is 1500 g/mol. The number of hydrogen-bond donors (Lipinski definition) is 0. The number of fused-ring (bicyclic) bond motifs is 12. The fourth-order valence-electron chi connectivity index (χ4n) is 14.3. The largest absolute Gasteiger partial charge is 1.00 e. The zero-order valence-electron chi connectivity index (χ0n) is 59.5. The molecule has 0 atom stereocenters. The average molecular weight is 1500 g/mol. The van der Waals surface area contributed by atoms with Crippen LogP contribution in [0.25, 0.3) is 154 Å². The molecule has 1 amide bonds. The summed E-state index contributed by atoms with van der Waals surface area (Å²) in [4.78, 5) is 35.4. The van der Waals surface area contributed by atoms with Crippen molar-refractivity contribution >= 4 is 115 Å². The van der Waals surface area contributed by atoms with Crippen molar-refractivity contribution in [2.75, 3.05) is 27.3 Å². The Bertz CT molecular complexity index is 5340. The predicted octanol–water partition coefficient (Wildman–Crippen LogP) is 24.5. The van der Waals surface area contributed by atoms with Gasteiger partial charge in [-0.25, -0.2) is 0 Å². The molecule has 1 aliphatic rings. The fraction of sp³-hybridized carbons (Fsp3) is 0.102. The second-order valence-electron chi connectivity index (χ2n) is 25.9. The maximum absolute atomic E-state index is 12.3. The molecule has 17 rings (SSSR count). The van der Waals surface area contributed by atoms with Crippen LogP contribution in [0.3, 0.4) is 0 Å². The van der Waals surface area contributed by atoms with Crippen molar-refractivity contribution in [3.05, 3.63) is 342 Å². The minimum Gasteiger partial charge on any atom is -0.381 e. The minimum absolute atomic E-state index is 0. The van der Waals surface area contributed by atoms with Gasteiger partial charge in [-0.3, -0.25) is 14.4 Å². The molecular formula is C98H82Br2LiNO4. The van der Waals surface area contributed by atoms with Crippen LogP contribution in [0.4, 0.5) is 0 Å². The van der Waals surface area contributed by atoms with Crippen LogP contribution in [0.15, 0.2) is 324 Å². The van der Waals surface area contributed by atoms with E-state index in [2.05, 4.69) is 300 Å². The number of aldehydes is 2. The maximum atomic E-state index is 12.3. The van der Waals surface area contributed by atoms with Gasteiger partial charge in [-0.15, -0.1) is 0 Å². The number of carbonyl (C=O) groups is 3. The van der Waals surface area contributed by atoms with Crippen LogP contribution in [0, 0.1) is 6.92 Å². The topological polar surface area (TPSA) is 63.7 Å². The molecule has 1 fully saturated rings. The zero-order chi connectivity index (χ0) is 71.9. The molecule has 0 unspecified atom stereocenters. The molecule has 0 aromatic heterocycles. The number of halogens is 2. The van der Waals surface area contributed by atoms with Gasteiger partial charge >= 0.3 is 18.9 Å². The van der Waals surface area contributed by atoms with Crippen LogP contribution in [0.5, 0.6) is 0 Å². The molecule has 518 valence electrons. The van der Waals surface area contributed by atoms with E-state index in [9.17, 15) is 14.4 Å². The first kappa shape index (κ1) is 76.5. The Morgan fingerprint density at radius 2 is 0.538 bits per heavy atom. The fourth-order valence-corrected chi connectivity index (χ4v) is 15.0. The summed E-state index contributed by atoms with van der Waals surface area (Å²) in [7, 11) is 3.38. The predicted molar refractivity (Wildman–Crippen MR) is 454 cm³/mol. The molecule has 0 aliphatic carbocycles. The van der Waals surface area contributed by atoms with Crippen molar-refractivity contribution in [1.29, 1.82) is 0 Å². The van der Waals surface area contributed by atoms with E-state index in [1.165, 1.54) is 101 Å². The van der Waals surface area contributed by atoms with Crippen molar-refractivity contribution in [1.82, 2.24) is 4.90 Å². The van der Waals surface area contributed by atoms with Gasteiger partial charge in [-0.2, -0.15) is 6.42 Å². The first-order valence-electron chi connectivity index (χ1n) is 35.3. The zero-order valence-corrected chi connectivity index (χ0v) is 62.7. The summed E-state index contributed by atoms with van der Waals surface area (Å²) in [5.41, 5.74) is 19.8. The number of hydrogen-bond acceptors (Lipinski definition) is 4. The number of benzene rings is 16. The van der Waals surface area contributed by atoms with Gasteiger partial charge in [-0.05, 0) is 203 Å². The van der Waals surface area contributed by atoms with Crippen molar-refractivity contribution < 1.29 is 38.0 Å². The van der Waals surface area contributed by atoms with Gasteiger partial charge in [0.1, 0.15) is 12.6 Å². The van der Waals surface area contributed by atoms with Gasteiger partial charge in [0.25, 0.3) is 0 Å². The maximum Gasteiger partial charge on any atom is 1.00 e. The molecule has 0 bridgehead atoms. The standard InChI is InChI=1S/C44H28O2.C42H26Br2.C4H8O.C4H9.C3H7NO.CH4.Li/c45-27-29-21-23-35-36-24-22-30(28-46)26-38(36)44-42(34-19-11-4-12-20-34)40(32-15-7-2-8-16-32)39(31-13-5-1-6-14-31)41(43(44)37(35)25-29)33-17-9-3-10-18-33;43-31-21-23-33-34-24-22-32(44)26-36(34)42-40(30-19-11-4-12-20-30)38(28-15-7-2-8-16-28)37(27-13-5-1-6-14-27)39(41(42)35(33)25-31)29-17-9-3-10-18-29;1-2-4-5-3-1;1-3-4-2;1-4(2)3-5;;/h1-28H;1-26H;1-4H2;1,3-4H2,2H3;3H,1-2H3;1H4;/q;;;-1;;;+1. The van der Waals surface area contributed by atoms with E-state index in [1.54, 1.807) is 14.1 Å². The molecule has 5 nitrogen and oxygen atoms in total. The van der Waals surface area contributed by atoms with Crippen LogP contribution < -0.4 is 18.9 Å². The average Bonchev–Trinajstić information content (AvgIpc) is 0.715. The number of unbranched alkanes of at least 4 members (excludes halogenated alkanes) is 1. The molecule has 106 heavy (non-hydrogen) atoms. The molecule has 8 heteroatoms. The number of amides is 1. The van der Waals surface area contributed by atoms with E-state index in [0.717, 1.165) is 124 Å². The second kappa shape index (κ2) is 36.4. The Kier molecular flexibility index (Phi) is 26.3. The van der Waals surface area contributed by atoms with Crippen LogP contribution in [0.2, 0.25) is 0 Å². The molecule has 0 spiro atoms. The number of nitrogens with zero attached hydrogens (tertiary/aromatic N) is 1. The molecule has 1 saturated heterocycles. The SMILES string of the molecule is Brc1ccc2c3ccc(Br)cc3c3c(-c4ccccc4)c(-c4ccccc4)c(-c4ccccc4)c(-c4ccccc4)c3c2c1.C.C1CCOC1.CN(C)C=O.O=Cc1ccc2c3ccc(C=O)cc3c3c(-c4ccccc4)c(-c4ccccc4)c(-c4ccccc4)c(-c4ccccc4)c3c2c1.[CH2-]CCC.[Li+]. The van der Waals surface area contributed by atoms with Crippen molar-refractivity contribution in [3.63, 3.8) is 0 Å². The summed E-state index contributed by atoms with van der Waals surface area (Å²) < 4.78 is 7.08. The minimum atomic E-state index is 0. The smallest absolute Gasteiger partial charge is 0.381 e. The number of carbonyl (C=O) groups excluding carboxylic acids is 3. The molecule has 1 aliphatic heterocycles. The Hall–Kier alpha value is -10.6. The third-order valence-corrected chi connectivity index (χ3v) is 19.9. The van der Waals surface area contributed by atoms with Gasteiger partial charge in [0, 0.05) is 47.4 Å². The number of ether oxygens (including phenoxy) is 1. The molecule has 16 aromatic rings. The van der Waals surface area contributed by atoms with Gasteiger partial charge in [0.2, 0.25) is 6.41 Å².